The molecule has 0 aliphatic heterocycles. The van der Waals surface area contributed by atoms with E-state index < -0.39 is 0 Å². The Bertz CT molecular complexity index is 1230. The highest BCUT2D eigenvalue weighted by Crippen LogP contribution is 2.33. The van der Waals surface area contributed by atoms with Gasteiger partial charge in [0.2, 0.25) is 0 Å². The van der Waals surface area contributed by atoms with Gasteiger partial charge in [0.25, 0.3) is 11.7 Å². The van der Waals surface area contributed by atoms with Crippen LogP contribution in [0, 0.1) is 6.92 Å². The fourth-order valence-electron chi connectivity index (χ4n) is 2.88. The van der Waals surface area contributed by atoms with Crippen LogP contribution in [0.25, 0.3) is 5.78 Å². The van der Waals surface area contributed by atoms with Crippen LogP contribution in [0.2, 0.25) is 5.02 Å². The number of halogens is 1. The largest absolute Gasteiger partial charge is 0.484 e. The summed E-state index contributed by atoms with van der Waals surface area (Å²) in [6.07, 6.45) is 0.788. The second-order valence-corrected chi connectivity index (χ2v) is 8.20. The molecule has 0 aliphatic rings. The maximum Gasteiger partial charge on any atom is 0.262 e. The fourth-order valence-corrected chi connectivity index (χ4v) is 4.01. The second kappa shape index (κ2) is 9.36. The van der Waals surface area contributed by atoms with Gasteiger partial charge in [-0.1, -0.05) is 42.4 Å². The lowest BCUT2D eigenvalue weighted by molar-refractivity contribution is -0.118. The van der Waals surface area contributed by atoms with Crippen LogP contribution in [0.3, 0.4) is 0 Å². The number of para-hydroxylation sites is 1. The second-order valence-electron chi connectivity index (χ2n) is 6.70. The standard InChI is InChI=1S/C22H20ClN5O2S/c1-3-16-12-21(28-22(25-16)24-14(2)27-28)31-19-7-5-4-6-18(19)26-20(29)13-30-17-10-8-15(23)9-11-17/h4-12H,3,13H2,1-2H3,(H,26,29). The Morgan fingerprint density at radius 3 is 2.71 bits per heavy atom. The van der Waals surface area contributed by atoms with Gasteiger partial charge in [0.15, 0.2) is 6.61 Å². The zero-order valence-corrected chi connectivity index (χ0v) is 18.6. The van der Waals surface area contributed by atoms with E-state index >= 15 is 0 Å². The van der Waals surface area contributed by atoms with Crippen LogP contribution in [0.1, 0.15) is 18.4 Å². The molecule has 0 saturated carbocycles. The first-order valence-electron chi connectivity index (χ1n) is 9.70. The molecule has 4 aromatic rings. The van der Waals surface area contributed by atoms with E-state index in [9.17, 15) is 4.79 Å². The Hall–Kier alpha value is -3.10. The van der Waals surface area contributed by atoms with Crippen LogP contribution >= 0.6 is 23.4 Å². The Morgan fingerprint density at radius 1 is 1.16 bits per heavy atom. The summed E-state index contributed by atoms with van der Waals surface area (Å²) < 4.78 is 7.26. The molecule has 0 atom stereocenters. The van der Waals surface area contributed by atoms with E-state index in [1.54, 1.807) is 28.8 Å². The monoisotopic (exact) mass is 453 g/mol. The Balaban J connectivity index is 1.52. The van der Waals surface area contributed by atoms with Crippen molar-refractivity contribution in [2.24, 2.45) is 0 Å². The molecule has 158 valence electrons. The molecule has 1 amide bonds. The van der Waals surface area contributed by atoms with Gasteiger partial charge in [0, 0.05) is 15.6 Å². The maximum atomic E-state index is 12.5. The van der Waals surface area contributed by atoms with Crippen LogP contribution in [0.4, 0.5) is 5.69 Å². The maximum absolute atomic E-state index is 12.5. The number of benzene rings is 2. The van der Waals surface area contributed by atoms with Crippen LogP contribution in [-0.4, -0.2) is 32.1 Å². The van der Waals surface area contributed by atoms with Gasteiger partial charge in [0.1, 0.15) is 16.6 Å². The number of carbonyl (C=O) groups excluding carboxylic acids is 1. The van der Waals surface area contributed by atoms with Gasteiger partial charge in [-0.05, 0) is 55.8 Å². The summed E-state index contributed by atoms with van der Waals surface area (Å²) in [5, 5.41) is 8.86. The molecular formula is C22H20ClN5O2S. The first-order valence-corrected chi connectivity index (χ1v) is 10.9. The summed E-state index contributed by atoms with van der Waals surface area (Å²) in [4.78, 5) is 22.3. The first kappa shape index (κ1) is 21.1. The van der Waals surface area contributed by atoms with Crippen molar-refractivity contribution in [2.45, 2.75) is 30.2 Å². The molecule has 0 bridgehead atoms. The van der Waals surface area contributed by atoms with Crippen molar-refractivity contribution in [3.63, 3.8) is 0 Å². The summed E-state index contributed by atoms with van der Waals surface area (Å²) in [6, 6.07) is 16.5. The van der Waals surface area contributed by atoms with Crippen LogP contribution in [0.15, 0.2) is 64.5 Å². The summed E-state index contributed by atoms with van der Waals surface area (Å²) in [7, 11) is 0. The first-order chi connectivity index (χ1) is 15.0. The number of fused-ring (bicyclic) bond motifs is 1. The number of aryl methyl sites for hydroxylation is 2. The number of nitrogens with zero attached hydrogens (tertiary/aromatic N) is 4. The average Bonchev–Trinajstić information content (AvgIpc) is 3.15. The van der Waals surface area contributed by atoms with Crippen molar-refractivity contribution in [2.75, 3.05) is 11.9 Å². The van der Waals surface area contributed by atoms with Crippen molar-refractivity contribution in [3.8, 4) is 5.75 Å². The van der Waals surface area contributed by atoms with E-state index in [-0.39, 0.29) is 12.5 Å². The summed E-state index contributed by atoms with van der Waals surface area (Å²) in [5.41, 5.74) is 1.62. The SMILES string of the molecule is CCc1cc(Sc2ccccc2NC(=O)COc2ccc(Cl)cc2)n2nc(C)nc2n1. The Labute approximate surface area is 188 Å². The lowest BCUT2D eigenvalue weighted by Crippen LogP contribution is -2.20. The minimum atomic E-state index is -0.256. The van der Waals surface area contributed by atoms with Gasteiger partial charge in [-0.3, -0.25) is 4.79 Å². The van der Waals surface area contributed by atoms with E-state index in [0.29, 0.717) is 28.1 Å². The van der Waals surface area contributed by atoms with Crippen molar-refractivity contribution >= 4 is 40.7 Å². The van der Waals surface area contributed by atoms with Crippen molar-refractivity contribution < 1.29 is 9.53 Å². The number of carbonyl (C=O) groups is 1. The summed E-state index contributed by atoms with van der Waals surface area (Å²) in [6.45, 7) is 3.78. The zero-order chi connectivity index (χ0) is 21.8. The van der Waals surface area contributed by atoms with Gasteiger partial charge in [-0.2, -0.15) is 9.50 Å². The average molecular weight is 454 g/mol. The highest BCUT2D eigenvalue weighted by atomic mass is 35.5. The van der Waals surface area contributed by atoms with Gasteiger partial charge < -0.3 is 10.1 Å². The molecule has 0 unspecified atom stereocenters. The third-order valence-electron chi connectivity index (χ3n) is 4.36. The van der Waals surface area contributed by atoms with E-state index in [1.165, 1.54) is 11.8 Å². The quantitative estimate of drug-likeness (QED) is 0.404. The van der Waals surface area contributed by atoms with Gasteiger partial charge in [-0.15, -0.1) is 5.10 Å². The molecule has 2 heterocycles. The summed E-state index contributed by atoms with van der Waals surface area (Å²) >= 11 is 7.37. The van der Waals surface area contributed by atoms with Gasteiger partial charge >= 0.3 is 0 Å². The normalized spacial score (nSPS) is 10.9. The van der Waals surface area contributed by atoms with Crippen LogP contribution < -0.4 is 10.1 Å². The molecule has 31 heavy (non-hydrogen) atoms. The van der Waals surface area contributed by atoms with Crippen molar-refractivity contribution in [1.29, 1.82) is 0 Å². The number of anilines is 1. The number of amides is 1. The Kier molecular flexibility index (Phi) is 6.39. The number of ether oxygens (including phenoxy) is 1. The molecule has 7 nitrogen and oxygen atoms in total. The lowest BCUT2D eigenvalue weighted by atomic mass is 10.3. The number of nitrogens with one attached hydrogen (secondary N) is 1. The van der Waals surface area contributed by atoms with Crippen molar-refractivity contribution in [1.82, 2.24) is 19.6 Å². The van der Waals surface area contributed by atoms with Gasteiger partial charge in [-0.25, -0.2) is 4.98 Å². The highest BCUT2D eigenvalue weighted by Gasteiger charge is 2.14. The molecule has 2 aromatic heterocycles. The molecular weight excluding hydrogens is 434 g/mol. The number of aromatic nitrogens is 4. The highest BCUT2D eigenvalue weighted by molar-refractivity contribution is 7.99. The van der Waals surface area contributed by atoms with E-state index in [0.717, 1.165) is 22.0 Å². The van der Waals surface area contributed by atoms with Crippen LogP contribution in [-0.2, 0) is 11.2 Å². The van der Waals surface area contributed by atoms with E-state index in [2.05, 4.69) is 20.4 Å². The molecule has 0 radical (unpaired) electrons. The molecule has 9 heteroatoms. The summed E-state index contributed by atoms with van der Waals surface area (Å²) in [5.74, 6) is 1.55. The molecule has 1 N–H and O–H groups in total. The number of hydrogen-bond donors (Lipinski definition) is 1. The molecule has 0 spiro atoms. The molecule has 4 rings (SSSR count). The predicted molar refractivity (Wildman–Crippen MR) is 121 cm³/mol. The topological polar surface area (TPSA) is 81.4 Å². The predicted octanol–water partition coefficient (Wildman–Crippen LogP) is 4.82. The van der Waals surface area contributed by atoms with Crippen LogP contribution in [0.5, 0.6) is 5.75 Å². The molecule has 0 saturated heterocycles. The molecule has 2 aromatic carbocycles. The zero-order valence-electron chi connectivity index (χ0n) is 17.0. The molecule has 0 fully saturated rings. The minimum absolute atomic E-state index is 0.109. The third kappa shape index (κ3) is 5.15. The van der Waals surface area contributed by atoms with Gasteiger partial charge in [0.05, 0.1) is 5.69 Å². The Morgan fingerprint density at radius 2 is 1.94 bits per heavy atom. The fraction of sp³-hybridized carbons (Fsp3) is 0.182. The minimum Gasteiger partial charge on any atom is -0.484 e. The molecule has 0 aliphatic carbocycles. The smallest absolute Gasteiger partial charge is 0.262 e. The third-order valence-corrected chi connectivity index (χ3v) is 5.69. The number of rotatable bonds is 7. The van der Waals surface area contributed by atoms with E-state index in [4.69, 9.17) is 16.3 Å². The van der Waals surface area contributed by atoms with Crippen molar-refractivity contribution in [3.05, 3.63) is 71.1 Å². The number of hydrogen-bond acceptors (Lipinski definition) is 6. The lowest BCUT2D eigenvalue weighted by Gasteiger charge is -2.12. The van der Waals surface area contributed by atoms with E-state index in [1.807, 2.05) is 44.2 Å².